The van der Waals surface area contributed by atoms with Gasteiger partial charge in [0.15, 0.2) is 17.5 Å². The quantitative estimate of drug-likeness (QED) is 0.0887. The lowest BCUT2D eigenvalue weighted by atomic mass is 10.1. The molecule has 8 aromatic carbocycles. The van der Waals surface area contributed by atoms with Gasteiger partial charge in [-0.25, -0.2) is 33.7 Å². The molecule has 16 aromatic rings. The molecule has 0 saturated carbocycles. The molecular weight excluding hydrogens is 1510 g/mol. The second-order valence-corrected chi connectivity index (χ2v) is 27.6. The molecule has 0 aliphatic heterocycles. The molecule has 8 aromatic heterocycles. The highest BCUT2D eigenvalue weighted by Crippen LogP contribution is 2.38. The van der Waals surface area contributed by atoms with Crippen LogP contribution in [-0.4, -0.2) is 151 Å². The Morgan fingerprint density at radius 1 is 0.333 bits per heavy atom. The van der Waals surface area contributed by atoms with Crippen molar-refractivity contribution in [1.82, 2.24) is 94.0 Å². The number of pyridine rings is 1. The first-order valence-electron chi connectivity index (χ1n) is 38.5. The van der Waals surface area contributed by atoms with Crippen LogP contribution in [0.25, 0.3) is 84.7 Å². The number of nitrogens with zero attached hydrogens (tertiary/aromatic N) is 18. The van der Waals surface area contributed by atoms with Gasteiger partial charge in [0.1, 0.15) is 76.4 Å². The van der Waals surface area contributed by atoms with Crippen molar-refractivity contribution in [2.75, 3.05) is 56.9 Å². The van der Waals surface area contributed by atoms with Gasteiger partial charge in [0, 0.05) is 93.0 Å². The third-order valence-corrected chi connectivity index (χ3v) is 18.9. The maximum atomic E-state index is 5.42. The summed E-state index contributed by atoms with van der Waals surface area (Å²) in [4.78, 5) is 16.8. The summed E-state index contributed by atoms with van der Waals surface area (Å²) in [6.07, 6.45) is 17.7. The number of para-hydroxylation sites is 8. The van der Waals surface area contributed by atoms with Crippen LogP contribution in [0.15, 0.2) is 238 Å². The molecule has 0 aliphatic carbocycles. The lowest BCUT2D eigenvalue weighted by Gasteiger charge is -2.10. The maximum absolute atomic E-state index is 5.42. The van der Waals surface area contributed by atoms with Crippen molar-refractivity contribution in [1.29, 1.82) is 0 Å². The third-order valence-electron chi connectivity index (χ3n) is 18.9. The van der Waals surface area contributed by atoms with Gasteiger partial charge in [-0.2, -0.15) is 30.6 Å². The first kappa shape index (κ1) is 89.4. The van der Waals surface area contributed by atoms with Crippen LogP contribution in [0.3, 0.4) is 0 Å². The predicted molar refractivity (Wildman–Crippen MR) is 471 cm³/mol. The molecule has 120 heavy (non-hydrogen) atoms. The highest BCUT2D eigenvalue weighted by molar-refractivity contribution is 5.74. The van der Waals surface area contributed by atoms with Crippen molar-refractivity contribution in [2.24, 2.45) is 28.2 Å². The van der Waals surface area contributed by atoms with Crippen LogP contribution in [0.1, 0.15) is 64.4 Å². The number of benzene rings is 8. The van der Waals surface area contributed by atoms with Crippen molar-refractivity contribution >= 4 is 0 Å². The van der Waals surface area contributed by atoms with E-state index in [0.29, 0.717) is 6.04 Å². The summed E-state index contributed by atoms with van der Waals surface area (Å²) in [6.45, 7) is 20.3. The highest BCUT2D eigenvalue weighted by Gasteiger charge is 2.18. The molecule has 0 aliphatic rings. The minimum absolute atomic E-state index is 0.312. The van der Waals surface area contributed by atoms with Crippen molar-refractivity contribution < 1.29 is 37.9 Å². The number of hydrogen-bond acceptors (Lipinski definition) is 20. The normalized spacial score (nSPS) is 10.3. The van der Waals surface area contributed by atoms with Gasteiger partial charge in [0.2, 0.25) is 0 Å². The van der Waals surface area contributed by atoms with Gasteiger partial charge in [0.05, 0.1) is 97.4 Å². The Morgan fingerprint density at radius 3 is 1.12 bits per heavy atom. The minimum Gasteiger partial charge on any atom is -0.496 e. The zero-order valence-corrected chi connectivity index (χ0v) is 72.4. The topological polar surface area (TPSA) is 274 Å². The van der Waals surface area contributed by atoms with E-state index in [1.54, 1.807) is 92.7 Å². The Morgan fingerprint density at radius 2 is 0.750 bits per heavy atom. The average Bonchev–Trinajstić information content (AvgIpc) is 1.53. The fourth-order valence-electron chi connectivity index (χ4n) is 13.0. The van der Waals surface area contributed by atoms with Crippen LogP contribution in [-0.2, 0) is 28.2 Å². The van der Waals surface area contributed by atoms with Crippen molar-refractivity contribution in [3.8, 4) is 131 Å². The fraction of sp³-hybridized carbons (Fsp3) is 0.247. The minimum atomic E-state index is 0.312. The molecular formula is C93H107N19O8. The molecule has 27 heteroatoms. The molecule has 0 bridgehead atoms. The standard InChI is InChI=1S/C13H17N3O.C13H13NO.2C12H14N2O.2C11H13N3O.C11H12N2O.C10H11N3O/c1-9(2)16-8-12(14-15-16)11-7-5-6-10(3)13(11)17-4;1-10-6-5-7-11(13(10)15-2)12-8-3-4-9-14-12;1-9-5-4-6-11(12(9)15-3)10-7-13-14(2)8-10;1-9-5-4-6-10(12(9)15-3)11-7-8-14(2)13-11;2*1-8-5-4-6-9(10(8)15-3)11-12-7-13-14(11)2;1-9-5-3-6-10(11(9)14-2)13-8-4-7-12-13;1-7-4-3-5-8(9(7)14-2)10-11-6-12-13-10/h5-9H,1-4H3;3-9H,1-2H3;2*4-8H,1-3H3;2*4-7H,1-3H3;3-8H,1-2H3;3-6H,1-2H3,(H,11,12,13). The monoisotopic (exact) mass is 1620 g/mol. The first-order chi connectivity index (χ1) is 58.0. The fourth-order valence-corrected chi connectivity index (χ4v) is 13.0. The highest BCUT2D eigenvalue weighted by atomic mass is 16.5. The van der Waals surface area contributed by atoms with E-state index in [4.69, 9.17) is 37.9 Å². The molecule has 0 unspecified atom stereocenters. The van der Waals surface area contributed by atoms with Crippen LogP contribution in [0.5, 0.6) is 46.0 Å². The van der Waals surface area contributed by atoms with Crippen LogP contribution < -0.4 is 37.9 Å². The predicted octanol–water partition coefficient (Wildman–Crippen LogP) is 18.3. The molecule has 622 valence electrons. The number of ether oxygens (including phenoxy) is 8. The Labute approximate surface area is 702 Å². The van der Waals surface area contributed by atoms with E-state index in [1.807, 2.05) is 295 Å². The van der Waals surface area contributed by atoms with E-state index in [2.05, 4.69) is 79.8 Å². The Bertz CT molecular complexity index is 5580. The number of aromatic amines is 1. The molecule has 0 saturated heterocycles. The summed E-state index contributed by atoms with van der Waals surface area (Å²) in [5.41, 5.74) is 20.7. The van der Waals surface area contributed by atoms with E-state index in [1.165, 1.54) is 19.0 Å². The molecule has 16 rings (SSSR count). The summed E-state index contributed by atoms with van der Waals surface area (Å²) >= 11 is 0. The molecule has 0 amide bonds. The molecule has 0 fully saturated rings. The molecule has 27 nitrogen and oxygen atoms in total. The SMILES string of the molecule is COc1c(C)cccc1-c1ccccn1.COc1c(C)cccc1-c1ccn(C)n1.COc1c(C)cccc1-c1cn(C(C)C)nn1.COc1c(C)cccc1-c1cnn(C)c1.COc1c(C)cccc1-c1ncn[nH]1.COc1c(C)cccc1-c1ncnn1C.COc1c(C)cccc1-c1ncnn1C.COc1c(C)cccc1-n1cccn1. The van der Waals surface area contributed by atoms with E-state index < -0.39 is 0 Å². The van der Waals surface area contributed by atoms with Gasteiger partial charge in [-0.3, -0.25) is 19.4 Å². The molecule has 0 spiro atoms. The number of methoxy groups -OCH3 is 8. The third kappa shape index (κ3) is 22.8. The molecule has 0 atom stereocenters. The number of rotatable bonds is 17. The van der Waals surface area contributed by atoms with Gasteiger partial charge in [-0.05, 0) is 180 Å². The van der Waals surface area contributed by atoms with Gasteiger partial charge in [-0.1, -0.05) is 114 Å². The summed E-state index contributed by atoms with van der Waals surface area (Å²) in [6, 6.07) is 58.2. The van der Waals surface area contributed by atoms with Crippen molar-refractivity contribution in [3.05, 3.63) is 283 Å². The molecule has 1 N–H and O–H groups in total. The zero-order chi connectivity index (χ0) is 86.4. The first-order valence-corrected chi connectivity index (χ1v) is 38.5. The van der Waals surface area contributed by atoms with Crippen molar-refractivity contribution in [2.45, 2.75) is 75.3 Å². The summed E-state index contributed by atoms with van der Waals surface area (Å²) in [7, 11) is 21.0. The van der Waals surface area contributed by atoms with E-state index in [0.717, 1.165) is 175 Å². The zero-order valence-electron chi connectivity index (χ0n) is 72.4. The number of aromatic nitrogens is 19. The van der Waals surface area contributed by atoms with Crippen LogP contribution in [0.2, 0.25) is 0 Å². The largest absolute Gasteiger partial charge is 0.496 e. The second kappa shape index (κ2) is 44.0. The van der Waals surface area contributed by atoms with Crippen LogP contribution in [0.4, 0.5) is 0 Å². The number of nitrogens with one attached hydrogen (secondary N) is 1. The second-order valence-electron chi connectivity index (χ2n) is 27.6. The molecule has 8 heterocycles. The summed E-state index contributed by atoms with van der Waals surface area (Å²) in [5, 5.41) is 35.7. The average molecular weight is 1620 g/mol. The lowest BCUT2D eigenvalue weighted by Crippen LogP contribution is -2.00. The van der Waals surface area contributed by atoms with Gasteiger partial charge in [-0.15, -0.1) is 5.10 Å². The summed E-state index contributed by atoms with van der Waals surface area (Å²) in [5.74, 6) is 9.36. The Balaban J connectivity index is 0.000000156. The number of hydrogen-bond donors (Lipinski definition) is 1. The van der Waals surface area contributed by atoms with Gasteiger partial charge < -0.3 is 37.9 Å². The summed E-state index contributed by atoms with van der Waals surface area (Å²) < 4.78 is 53.7. The smallest absolute Gasteiger partial charge is 0.161 e. The van der Waals surface area contributed by atoms with E-state index in [-0.39, 0.29) is 0 Å². The van der Waals surface area contributed by atoms with E-state index >= 15 is 0 Å². The van der Waals surface area contributed by atoms with E-state index in [9.17, 15) is 0 Å². The maximum Gasteiger partial charge on any atom is 0.161 e. The molecule has 0 radical (unpaired) electrons. The van der Waals surface area contributed by atoms with Crippen molar-refractivity contribution in [3.63, 3.8) is 0 Å². The lowest BCUT2D eigenvalue weighted by molar-refractivity contribution is 0.408. The van der Waals surface area contributed by atoms with Crippen LogP contribution in [0, 0.1) is 55.4 Å². The Hall–Kier alpha value is -14.5. The number of H-pyrrole nitrogens is 1. The van der Waals surface area contributed by atoms with Crippen LogP contribution >= 0.6 is 0 Å². The van der Waals surface area contributed by atoms with Gasteiger partial charge in [0.25, 0.3) is 0 Å². The number of aryl methyl sites for hydroxylation is 12. The Kier molecular flexibility index (Phi) is 32.8. The van der Waals surface area contributed by atoms with Gasteiger partial charge >= 0.3 is 0 Å².